The van der Waals surface area contributed by atoms with Crippen molar-refractivity contribution in [3.63, 3.8) is 0 Å². The maximum absolute atomic E-state index is 8.91. The van der Waals surface area contributed by atoms with Crippen molar-refractivity contribution in [2.75, 3.05) is 0 Å². The van der Waals surface area contributed by atoms with Gasteiger partial charge in [-0.05, 0) is 31.7 Å². The van der Waals surface area contributed by atoms with E-state index < -0.39 is 0 Å². The predicted octanol–water partition coefficient (Wildman–Crippen LogP) is 2.45. The van der Waals surface area contributed by atoms with Gasteiger partial charge in [0.2, 0.25) is 0 Å². The third kappa shape index (κ3) is 2.69. The van der Waals surface area contributed by atoms with Gasteiger partial charge < -0.3 is 4.74 Å². The molecule has 1 aromatic rings. The maximum Gasteiger partial charge on any atom is 0.251 e. The lowest BCUT2D eigenvalue weighted by Crippen LogP contribution is -2.16. The molecule has 84 valence electrons. The zero-order valence-electron chi connectivity index (χ0n) is 9.22. The highest BCUT2D eigenvalue weighted by Gasteiger charge is 2.16. The van der Waals surface area contributed by atoms with Gasteiger partial charge in [-0.3, -0.25) is 0 Å². The first-order valence-corrected chi connectivity index (χ1v) is 5.78. The Morgan fingerprint density at radius 3 is 2.69 bits per heavy atom. The van der Waals surface area contributed by atoms with E-state index in [4.69, 9.17) is 10.00 Å². The molecule has 4 heteroatoms. The zero-order chi connectivity index (χ0) is 11.2. The summed E-state index contributed by atoms with van der Waals surface area (Å²) in [5.41, 5.74) is 0.472. The fourth-order valence-electron chi connectivity index (χ4n) is 2.01. The Hall–Kier alpha value is -1.63. The molecule has 16 heavy (non-hydrogen) atoms. The quantitative estimate of drug-likeness (QED) is 0.714. The summed E-state index contributed by atoms with van der Waals surface area (Å²) >= 11 is 0. The first-order chi connectivity index (χ1) is 7.90. The van der Waals surface area contributed by atoms with E-state index in [0.717, 1.165) is 12.8 Å². The smallest absolute Gasteiger partial charge is 0.251 e. The highest BCUT2D eigenvalue weighted by Crippen LogP contribution is 2.22. The molecule has 0 radical (unpaired) electrons. The van der Waals surface area contributed by atoms with Gasteiger partial charge in [0.25, 0.3) is 5.88 Å². The number of hydrogen-bond donors (Lipinski definition) is 0. The van der Waals surface area contributed by atoms with Crippen LogP contribution < -0.4 is 4.74 Å². The number of ether oxygens (including phenoxy) is 1. The molecule has 0 aromatic carbocycles. The molecule has 0 bridgehead atoms. The fraction of sp³-hybridized carbons (Fsp3) is 0.583. The van der Waals surface area contributed by atoms with E-state index in [1.165, 1.54) is 31.9 Å². The van der Waals surface area contributed by atoms with Crippen molar-refractivity contribution in [1.82, 2.24) is 10.2 Å². The molecular weight excluding hydrogens is 202 g/mol. The summed E-state index contributed by atoms with van der Waals surface area (Å²) in [5.74, 6) is 0.386. The Balaban J connectivity index is 2.05. The minimum atomic E-state index is 0.200. The Bertz CT molecular complexity index is 378. The van der Waals surface area contributed by atoms with Crippen LogP contribution in [0.4, 0.5) is 0 Å². The van der Waals surface area contributed by atoms with Gasteiger partial charge in [-0.15, -0.1) is 5.10 Å². The lowest BCUT2D eigenvalue weighted by atomic mass is 10.1. The van der Waals surface area contributed by atoms with Crippen LogP contribution in [0.5, 0.6) is 5.88 Å². The number of aromatic nitrogens is 2. The Morgan fingerprint density at radius 1 is 1.25 bits per heavy atom. The third-order valence-corrected chi connectivity index (χ3v) is 2.89. The van der Waals surface area contributed by atoms with E-state index >= 15 is 0 Å². The lowest BCUT2D eigenvalue weighted by molar-refractivity contribution is 0.173. The molecule has 1 heterocycles. The first-order valence-electron chi connectivity index (χ1n) is 5.78. The minimum Gasteiger partial charge on any atom is -0.472 e. The number of hydrogen-bond acceptors (Lipinski definition) is 4. The minimum absolute atomic E-state index is 0.200. The van der Waals surface area contributed by atoms with Gasteiger partial charge in [0.05, 0.1) is 6.20 Å². The highest BCUT2D eigenvalue weighted by molar-refractivity contribution is 5.35. The molecule has 1 saturated carbocycles. The summed E-state index contributed by atoms with van der Waals surface area (Å²) in [6.07, 6.45) is 8.80. The molecule has 2 rings (SSSR count). The van der Waals surface area contributed by atoms with Crippen molar-refractivity contribution >= 4 is 0 Å². The molecule has 1 aromatic heterocycles. The van der Waals surface area contributed by atoms with Gasteiger partial charge in [0.1, 0.15) is 17.7 Å². The van der Waals surface area contributed by atoms with Gasteiger partial charge in [0.15, 0.2) is 0 Å². The molecule has 0 saturated heterocycles. The number of nitrogens with zero attached hydrogens (tertiary/aromatic N) is 3. The van der Waals surface area contributed by atoms with Crippen molar-refractivity contribution in [2.24, 2.45) is 0 Å². The summed E-state index contributed by atoms with van der Waals surface area (Å²) in [4.78, 5) is 0. The molecule has 0 unspecified atom stereocenters. The average Bonchev–Trinajstić information content (AvgIpc) is 2.58. The van der Waals surface area contributed by atoms with Gasteiger partial charge in [0, 0.05) is 0 Å². The highest BCUT2D eigenvalue weighted by atomic mass is 16.5. The van der Waals surface area contributed by atoms with Gasteiger partial charge in [-0.25, -0.2) is 0 Å². The monoisotopic (exact) mass is 217 g/mol. The van der Waals surface area contributed by atoms with Crippen LogP contribution in [0.15, 0.2) is 12.3 Å². The largest absolute Gasteiger partial charge is 0.472 e. The third-order valence-electron chi connectivity index (χ3n) is 2.89. The van der Waals surface area contributed by atoms with E-state index in [0.29, 0.717) is 11.4 Å². The number of nitriles is 1. The van der Waals surface area contributed by atoms with Crippen molar-refractivity contribution in [3.05, 3.63) is 17.8 Å². The predicted molar refractivity (Wildman–Crippen MR) is 58.9 cm³/mol. The summed E-state index contributed by atoms with van der Waals surface area (Å²) in [5, 5.41) is 16.5. The molecule has 1 aliphatic rings. The molecule has 0 spiro atoms. The van der Waals surface area contributed by atoms with Crippen LogP contribution in [-0.2, 0) is 0 Å². The van der Waals surface area contributed by atoms with Crippen LogP contribution in [-0.4, -0.2) is 16.3 Å². The molecule has 0 N–H and O–H groups in total. The molecule has 0 amide bonds. The summed E-state index contributed by atoms with van der Waals surface area (Å²) in [7, 11) is 0. The SMILES string of the molecule is N#Cc1ccnnc1OC1CCCCCC1. The van der Waals surface area contributed by atoms with Crippen molar-refractivity contribution < 1.29 is 4.74 Å². The standard InChI is InChI=1S/C12H15N3O/c13-9-10-7-8-14-15-12(10)16-11-5-3-1-2-4-6-11/h7-8,11H,1-6H2. The van der Waals surface area contributed by atoms with Gasteiger partial charge in [-0.1, -0.05) is 12.8 Å². The van der Waals surface area contributed by atoms with Gasteiger partial charge >= 0.3 is 0 Å². The van der Waals surface area contributed by atoms with Crippen LogP contribution in [0.2, 0.25) is 0 Å². The van der Waals surface area contributed by atoms with E-state index in [1.54, 1.807) is 6.07 Å². The summed E-state index contributed by atoms with van der Waals surface area (Å²) < 4.78 is 5.76. The fourth-order valence-corrected chi connectivity index (χ4v) is 2.01. The van der Waals surface area contributed by atoms with Crippen LogP contribution in [0.3, 0.4) is 0 Å². The van der Waals surface area contributed by atoms with Crippen molar-refractivity contribution in [2.45, 2.75) is 44.6 Å². The van der Waals surface area contributed by atoms with E-state index in [9.17, 15) is 0 Å². The second kappa shape index (κ2) is 5.45. The molecule has 1 aliphatic carbocycles. The molecule has 0 aliphatic heterocycles. The normalized spacial score (nSPS) is 17.4. The molecule has 4 nitrogen and oxygen atoms in total. The molecule has 1 fully saturated rings. The second-order valence-corrected chi connectivity index (χ2v) is 4.09. The number of rotatable bonds is 2. The van der Waals surface area contributed by atoms with Crippen LogP contribution in [0.1, 0.15) is 44.1 Å². The van der Waals surface area contributed by atoms with Crippen LogP contribution in [0, 0.1) is 11.3 Å². The lowest BCUT2D eigenvalue weighted by Gasteiger charge is -2.15. The van der Waals surface area contributed by atoms with E-state index in [2.05, 4.69) is 16.3 Å². The first kappa shape index (κ1) is 10.9. The van der Waals surface area contributed by atoms with Crippen LogP contribution in [0.25, 0.3) is 0 Å². The Kier molecular flexibility index (Phi) is 3.71. The Morgan fingerprint density at radius 2 is 2.00 bits per heavy atom. The zero-order valence-corrected chi connectivity index (χ0v) is 9.22. The van der Waals surface area contributed by atoms with Crippen molar-refractivity contribution in [1.29, 1.82) is 5.26 Å². The van der Waals surface area contributed by atoms with E-state index in [-0.39, 0.29) is 6.10 Å². The van der Waals surface area contributed by atoms with Crippen molar-refractivity contribution in [3.8, 4) is 11.9 Å². The molecular formula is C12H15N3O. The topological polar surface area (TPSA) is 58.8 Å². The molecule has 0 atom stereocenters. The second-order valence-electron chi connectivity index (χ2n) is 4.09. The van der Waals surface area contributed by atoms with E-state index in [1.807, 2.05) is 0 Å². The Labute approximate surface area is 95.3 Å². The van der Waals surface area contributed by atoms with Crippen LogP contribution >= 0.6 is 0 Å². The summed E-state index contributed by atoms with van der Waals surface area (Å²) in [6.45, 7) is 0. The maximum atomic E-state index is 8.91. The van der Waals surface area contributed by atoms with Gasteiger partial charge in [-0.2, -0.15) is 10.4 Å². The average molecular weight is 217 g/mol. The summed E-state index contributed by atoms with van der Waals surface area (Å²) in [6, 6.07) is 3.71.